The number of carbonyl (C=O) groups excluding carboxylic acids is 3. The molecular weight excluding hydrogens is 937 g/mol. The summed E-state index contributed by atoms with van der Waals surface area (Å²) in [6, 6.07) is 15.3. The Kier molecular flexibility index (Phi) is 21.6. The van der Waals surface area contributed by atoms with Gasteiger partial charge in [-0.25, -0.2) is 4.79 Å². The second kappa shape index (κ2) is 26.9. The lowest BCUT2D eigenvalue weighted by Gasteiger charge is -2.30. The van der Waals surface area contributed by atoms with Gasteiger partial charge in [0.05, 0.1) is 13.2 Å². The Morgan fingerprint density at radius 1 is 0.528 bits per heavy atom. The first-order valence-electron chi connectivity index (χ1n) is 26.0. The SMILES string of the molecule is Cc1cc(/C=C/C(=O)c2cc(C)c(OCCSC3CCCCC3)c(C)c2)cc(C)c1O.Cc1cc(C(=O)/C=C/c2cc(C)c(OC(C)(C)C(=O)OC(C)(C)C)c(C)c2)cc(C)c1OCCSC1CCCCC1. The first-order valence-corrected chi connectivity index (χ1v) is 28.1. The van der Waals surface area contributed by atoms with Crippen LogP contribution in [0.2, 0.25) is 0 Å². The molecule has 2 fully saturated rings. The third-order valence-corrected chi connectivity index (χ3v) is 15.7. The molecule has 8 nitrogen and oxygen atoms in total. The third-order valence-electron chi connectivity index (χ3n) is 13.1. The molecule has 0 spiro atoms. The highest BCUT2D eigenvalue weighted by molar-refractivity contribution is 8.00. The number of phenols is 1. The third kappa shape index (κ3) is 17.6. The standard InChI is InChI=1S/C35H48O5S.C27H34O3S/c1-23-19-27(20-24(2)32(23)39-35(8,9)33(37)40-34(5,6)7)15-16-30(36)28-21-25(3)31(26(4)22-28)38-17-18-41-29-13-11-10-12-14-29;1-18-14-22(15-19(2)26(18)29)10-11-25(28)23-16-20(3)27(21(4)17-23)30-12-13-31-24-8-6-5-7-9-24/h15-16,19-22,29H,10-14,17-18H2,1-9H3;10-11,14-17,24,29H,5-9,12-13H2,1-4H3/b16-15+;11-10+. The van der Waals surface area contributed by atoms with Crippen molar-refractivity contribution in [2.45, 2.75) is 176 Å². The summed E-state index contributed by atoms with van der Waals surface area (Å²) in [6.45, 7) is 25.9. The first kappa shape index (κ1) is 58.0. The highest BCUT2D eigenvalue weighted by atomic mass is 32.2. The molecule has 390 valence electrons. The number of hydrogen-bond donors (Lipinski definition) is 1. The predicted molar refractivity (Wildman–Crippen MR) is 302 cm³/mol. The van der Waals surface area contributed by atoms with Gasteiger partial charge in [0, 0.05) is 33.1 Å². The van der Waals surface area contributed by atoms with Crippen LogP contribution in [0.15, 0.2) is 60.7 Å². The van der Waals surface area contributed by atoms with Crippen LogP contribution in [0.5, 0.6) is 23.0 Å². The topological polar surface area (TPSA) is 108 Å². The number of allylic oxidation sites excluding steroid dienone is 2. The van der Waals surface area contributed by atoms with E-state index in [4.69, 9.17) is 18.9 Å². The summed E-state index contributed by atoms with van der Waals surface area (Å²) in [7, 11) is 0. The summed E-state index contributed by atoms with van der Waals surface area (Å²) in [5.74, 6) is 4.23. The lowest BCUT2D eigenvalue weighted by Crippen LogP contribution is -2.43. The molecule has 0 saturated heterocycles. The molecule has 1 N–H and O–H groups in total. The summed E-state index contributed by atoms with van der Waals surface area (Å²) in [6.07, 6.45) is 20.4. The Balaban J connectivity index is 0.000000278. The van der Waals surface area contributed by atoms with Crippen LogP contribution >= 0.6 is 23.5 Å². The van der Waals surface area contributed by atoms with Gasteiger partial charge in [-0.3, -0.25) is 9.59 Å². The normalized spacial score (nSPS) is 14.8. The van der Waals surface area contributed by atoms with Crippen molar-refractivity contribution in [3.05, 3.63) is 127 Å². The van der Waals surface area contributed by atoms with Gasteiger partial charge in [-0.2, -0.15) is 23.5 Å². The minimum absolute atomic E-state index is 0.0333. The molecule has 2 aliphatic carbocycles. The molecule has 2 saturated carbocycles. The van der Waals surface area contributed by atoms with Crippen LogP contribution in [0.4, 0.5) is 0 Å². The molecule has 0 atom stereocenters. The van der Waals surface area contributed by atoms with E-state index < -0.39 is 17.2 Å². The van der Waals surface area contributed by atoms with E-state index in [9.17, 15) is 19.5 Å². The fraction of sp³-hybridized carbons (Fsp3) is 0.500. The number of ether oxygens (including phenoxy) is 4. The van der Waals surface area contributed by atoms with Crippen LogP contribution < -0.4 is 14.2 Å². The second-order valence-electron chi connectivity index (χ2n) is 21.3. The van der Waals surface area contributed by atoms with Gasteiger partial charge in [0.15, 0.2) is 17.2 Å². The smallest absolute Gasteiger partial charge is 0.350 e. The van der Waals surface area contributed by atoms with Crippen LogP contribution in [0.3, 0.4) is 0 Å². The largest absolute Gasteiger partial charge is 0.507 e. The molecule has 0 aromatic heterocycles. The molecule has 10 heteroatoms. The number of esters is 1. The van der Waals surface area contributed by atoms with E-state index in [1.165, 1.54) is 64.2 Å². The first-order chi connectivity index (χ1) is 34.0. The predicted octanol–water partition coefficient (Wildman–Crippen LogP) is 15.7. The number of benzene rings is 4. The number of carbonyl (C=O) groups is 3. The van der Waals surface area contributed by atoms with Gasteiger partial charge in [-0.1, -0.05) is 50.7 Å². The molecule has 4 aromatic rings. The molecule has 0 radical (unpaired) electrons. The van der Waals surface area contributed by atoms with Crippen LogP contribution in [0, 0.1) is 55.4 Å². The average molecular weight is 1020 g/mol. The fourth-order valence-electron chi connectivity index (χ4n) is 9.38. The zero-order valence-corrected chi connectivity index (χ0v) is 47.2. The van der Waals surface area contributed by atoms with Crippen molar-refractivity contribution in [1.82, 2.24) is 0 Å². The molecule has 0 aliphatic heterocycles. The summed E-state index contributed by atoms with van der Waals surface area (Å²) in [5.41, 5.74) is 8.69. The Morgan fingerprint density at radius 3 is 1.24 bits per heavy atom. The van der Waals surface area contributed by atoms with Crippen molar-refractivity contribution in [3.63, 3.8) is 0 Å². The van der Waals surface area contributed by atoms with Crippen molar-refractivity contribution >= 4 is 53.2 Å². The van der Waals surface area contributed by atoms with Crippen LogP contribution in [0.25, 0.3) is 12.2 Å². The van der Waals surface area contributed by atoms with Crippen molar-refractivity contribution in [2.75, 3.05) is 24.7 Å². The second-order valence-corrected chi connectivity index (χ2v) is 24.1. The van der Waals surface area contributed by atoms with Gasteiger partial charge in [0.1, 0.15) is 28.6 Å². The Morgan fingerprint density at radius 2 is 0.875 bits per heavy atom. The van der Waals surface area contributed by atoms with Gasteiger partial charge >= 0.3 is 5.97 Å². The molecular formula is C62H82O8S2. The average Bonchev–Trinajstić information content (AvgIpc) is 3.32. The Bertz CT molecular complexity index is 2480. The maximum atomic E-state index is 13.1. The quantitative estimate of drug-likeness (QED) is 0.0422. The fourth-order valence-corrected chi connectivity index (χ4v) is 11.7. The van der Waals surface area contributed by atoms with Gasteiger partial charge in [0.2, 0.25) is 0 Å². The minimum Gasteiger partial charge on any atom is -0.507 e. The zero-order valence-electron chi connectivity index (χ0n) is 45.6. The lowest BCUT2D eigenvalue weighted by atomic mass is 10.0. The van der Waals surface area contributed by atoms with Gasteiger partial charge in [-0.15, -0.1) is 0 Å². The molecule has 6 rings (SSSR count). The number of thioether (sulfide) groups is 2. The monoisotopic (exact) mass is 1020 g/mol. The van der Waals surface area contributed by atoms with Crippen molar-refractivity contribution in [2.24, 2.45) is 0 Å². The zero-order chi connectivity index (χ0) is 52.8. The molecule has 0 amide bonds. The molecule has 0 unspecified atom stereocenters. The van der Waals surface area contributed by atoms with Crippen molar-refractivity contribution < 1.29 is 38.4 Å². The number of hydrogen-bond acceptors (Lipinski definition) is 10. The van der Waals surface area contributed by atoms with Gasteiger partial charge < -0.3 is 24.1 Å². The van der Waals surface area contributed by atoms with E-state index in [1.807, 2.05) is 154 Å². The van der Waals surface area contributed by atoms with Crippen LogP contribution in [0.1, 0.15) is 175 Å². The van der Waals surface area contributed by atoms with E-state index in [0.717, 1.165) is 89.1 Å². The minimum atomic E-state index is -1.14. The van der Waals surface area contributed by atoms with E-state index in [0.29, 0.717) is 35.8 Å². The Labute approximate surface area is 440 Å². The summed E-state index contributed by atoms with van der Waals surface area (Å²) in [5, 5.41) is 11.5. The summed E-state index contributed by atoms with van der Waals surface area (Å²) >= 11 is 4.07. The summed E-state index contributed by atoms with van der Waals surface area (Å²) < 4.78 is 23.9. The number of ketones is 2. The highest BCUT2D eigenvalue weighted by Gasteiger charge is 2.35. The molecule has 2 aliphatic rings. The molecule has 0 bridgehead atoms. The lowest BCUT2D eigenvalue weighted by molar-refractivity contribution is -0.171. The van der Waals surface area contributed by atoms with E-state index >= 15 is 0 Å². The molecule has 72 heavy (non-hydrogen) atoms. The number of phenolic OH excluding ortho intramolecular Hbond substituents is 1. The van der Waals surface area contributed by atoms with E-state index in [1.54, 1.807) is 32.1 Å². The number of rotatable bonds is 19. The van der Waals surface area contributed by atoms with Crippen LogP contribution in [-0.2, 0) is 9.53 Å². The molecule has 0 heterocycles. The Hall–Kier alpha value is -4.93. The van der Waals surface area contributed by atoms with Crippen molar-refractivity contribution in [3.8, 4) is 23.0 Å². The maximum absolute atomic E-state index is 13.1. The van der Waals surface area contributed by atoms with E-state index in [-0.39, 0.29) is 11.6 Å². The van der Waals surface area contributed by atoms with E-state index in [2.05, 4.69) is 0 Å². The van der Waals surface area contributed by atoms with Crippen molar-refractivity contribution in [1.29, 1.82) is 0 Å². The van der Waals surface area contributed by atoms with Gasteiger partial charge in [-0.05, 0) is 232 Å². The molecule has 4 aromatic carbocycles. The number of aromatic hydroxyl groups is 1. The maximum Gasteiger partial charge on any atom is 0.350 e. The number of aryl methyl sites for hydroxylation is 8. The highest BCUT2D eigenvalue weighted by Crippen LogP contribution is 2.34. The van der Waals surface area contributed by atoms with Crippen LogP contribution in [-0.4, -0.2) is 69.1 Å². The summed E-state index contributed by atoms with van der Waals surface area (Å²) in [4.78, 5) is 38.5. The van der Waals surface area contributed by atoms with Gasteiger partial charge in [0.25, 0.3) is 0 Å².